The third kappa shape index (κ3) is 5.16. The predicted octanol–water partition coefficient (Wildman–Crippen LogP) is 5.20. The highest BCUT2D eigenvalue weighted by Gasteiger charge is 2.16. The van der Waals surface area contributed by atoms with Crippen LogP contribution in [-0.2, 0) is 4.74 Å². The number of nitrogens with zero attached hydrogens (tertiary/aromatic N) is 4. The molecular weight excluding hydrogens is 443 g/mol. The number of morpholine rings is 1. The third-order valence-corrected chi connectivity index (χ3v) is 6.57. The van der Waals surface area contributed by atoms with Gasteiger partial charge in [0.05, 0.1) is 25.1 Å². The monoisotopic (exact) mass is 472 g/mol. The van der Waals surface area contributed by atoms with Crippen molar-refractivity contribution in [2.24, 2.45) is 0 Å². The molecule has 0 N–H and O–H groups in total. The van der Waals surface area contributed by atoms with E-state index in [1.54, 1.807) is 25.4 Å². The molecule has 0 radical (unpaired) electrons. The lowest BCUT2D eigenvalue weighted by Crippen LogP contribution is -2.36. The molecule has 0 bridgehead atoms. The number of fused-ring (bicyclic) bond motifs is 1. The molecule has 1 aromatic carbocycles. The first-order valence-electron chi connectivity index (χ1n) is 12.1. The number of hydrogen-bond acceptors (Lipinski definition) is 5. The zero-order chi connectivity index (χ0) is 24.2. The van der Waals surface area contributed by atoms with Crippen molar-refractivity contribution in [1.29, 1.82) is 0 Å². The molecule has 0 amide bonds. The minimum absolute atomic E-state index is 0.0946. The summed E-state index contributed by atoms with van der Waals surface area (Å²) in [6, 6.07) is 12.8. The maximum atomic E-state index is 13.8. The second-order valence-corrected chi connectivity index (χ2v) is 8.99. The summed E-state index contributed by atoms with van der Waals surface area (Å²) in [6.45, 7) is 6.28. The highest BCUT2D eigenvalue weighted by atomic mass is 19.1. The molecule has 1 saturated heterocycles. The molecule has 0 saturated carbocycles. The molecule has 180 valence electrons. The van der Waals surface area contributed by atoms with Crippen LogP contribution in [0.1, 0.15) is 35.3 Å². The van der Waals surface area contributed by atoms with Crippen LogP contribution in [0.5, 0.6) is 0 Å². The number of ketones is 1. The van der Waals surface area contributed by atoms with Gasteiger partial charge < -0.3 is 4.74 Å². The van der Waals surface area contributed by atoms with Gasteiger partial charge in [-0.3, -0.25) is 19.1 Å². The maximum absolute atomic E-state index is 13.8. The number of aryl methyl sites for hydroxylation is 1. The minimum Gasteiger partial charge on any atom is -0.379 e. The lowest BCUT2D eigenvalue weighted by molar-refractivity contribution is 0.0371. The van der Waals surface area contributed by atoms with Crippen LogP contribution < -0.4 is 0 Å². The van der Waals surface area contributed by atoms with Crippen molar-refractivity contribution < 1.29 is 13.9 Å². The molecule has 4 heterocycles. The van der Waals surface area contributed by atoms with Crippen LogP contribution in [0, 0.1) is 12.7 Å². The summed E-state index contributed by atoms with van der Waals surface area (Å²) in [5.41, 5.74) is 5.35. The molecule has 1 aliphatic rings. The van der Waals surface area contributed by atoms with Gasteiger partial charge in [0.25, 0.3) is 0 Å². The van der Waals surface area contributed by atoms with E-state index in [-0.39, 0.29) is 11.6 Å². The Morgan fingerprint density at radius 2 is 1.89 bits per heavy atom. The summed E-state index contributed by atoms with van der Waals surface area (Å²) in [5.74, 6) is -0.142. The van der Waals surface area contributed by atoms with Gasteiger partial charge in [0.15, 0.2) is 5.78 Å². The highest BCUT2D eigenvalue weighted by molar-refractivity contribution is 5.95. The molecule has 0 unspecified atom stereocenters. The normalized spacial score (nSPS) is 14.5. The molecule has 0 aliphatic carbocycles. The van der Waals surface area contributed by atoms with Gasteiger partial charge in [0.2, 0.25) is 0 Å². The number of aromatic nitrogens is 3. The van der Waals surface area contributed by atoms with Crippen LogP contribution in [0.3, 0.4) is 0 Å². The Morgan fingerprint density at radius 3 is 2.71 bits per heavy atom. The van der Waals surface area contributed by atoms with Gasteiger partial charge in [0, 0.05) is 48.6 Å². The van der Waals surface area contributed by atoms with E-state index < -0.39 is 0 Å². The van der Waals surface area contributed by atoms with Crippen molar-refractivity contribution in [3.63, 3.8) is 0 Å². The van der Waals surface area contributed by atoms with Crippen LogP contribution in [-0.4, -0.2) is 57.9 Å². The number of imidazole rings is 1. The molecule has 0 atom stereocenters. The van der Waals surface area contributed by atoms with Gasteiger partial charge in [-0.1, -0.05) is 6.07 Å². The number of unbranched alkanes of at least 4 members (excludes halogenated alkanes) is 1. The fourth-order valence-corrected chi connectivity index (χ4v) is 4.58. The summed E-state index contributed by atoms with van der Waals surface area (Å²) in [7, 11) is 0. The summed E-state index contributed by atoms with van der Waals surface area (Å²) in [5, 5.41) is 0. The molecule has 1 aliphatic heterocycles. The predicted molar refractivity (Wildman–Crippen MR) is 134 cm³/mol. The maximum Gasteiger partial charge on any atom is 0.181 e. The largest absolute Gasteiger partial charge is 0.379 e. The Morgan fingerprint density at radius 1 is 1.06 bits per heavy atom. The molecule has 6 nitrogen and oxygen atoms in total. The van der Waals surface area contributed by atoms with Crippen LogP contribution in [0.15, 0.2) is 61.1 Å². The lowest BCUT2D eigenvalue weighted by atomic mass is 9.99. The van der Waals surface area contributed by atoms with Crippen molar-refractivity contribution in [3.05, 3.63) is 78.1 Å². The Balaban J connectivity index is 1.36. The number of benzene rings is 1. The van der Waals surface area contributed by atoms with Crippen molar-refractivity contribution in [3.8, 4) is 22.4 Å². The Labute approximate surface area is 204 Å². The van der Waals surface area contributed by atoms with Gasteiger partial charge in [-0.2, -0.15) is 0 Å². The Bertz CT molecular complexity index is 1340. The molecule has 5 rings (SSSR count). The number of pyridine rings is 2. The SMILES string of the molecule is Cc1cc(-c2ncccc2-c2ccc3ncc(C(=O)CCCCN4CCOCC4)n3c2)ccc1F. The van der Waals surface area contributed by atoms with Crippen molar-refractivity contribution in [1.82, 2.24) is 19.3 Å². The van der Waals surface area contributed by atoms with Gasteiger partial charge in [-0.15, -0.1) is 0 Å². The van der Waals surface area contributed by atoms with Gasteiger partial charge >= 0.3 is 0 Å². The van der Waals surface area contributed by atoms with E-state index in [1.165, 1.54) is 6.07 Å². The van der Waals surface area contributed by atoms with Gasteiger partial charge in [-0.05, 0) is 68.3 Å². The van der Waals surface area contributed by atoms with E-state index in [2.05, 4.69) is 14.9 Å². The van der Waals surface area contributed by atoms with Gasteiger partial charge in [0.1, 0.15) is 17.2 Å². The third-order valence-electron chi connectivity index (χ3n) is 6.57. The minimum atomic E-state index is -0.237. The first-order chi connectivity index (χ1) is 17.1. The van der Waals surface area contributed by atoms with Crippen LogP contribution in [0.4, 0.5) is 4.39 Å². The smallest absolute Gasteiger partial charge is 0.181 e. The van der Waals surface area contributed by atoms with E-state index in [0.717, 1.165) is 73.7 Å². The van der Waals surface area contributed by atoms with Crippen molar-refractivity contribution in [2.45, 2.75) is 26.2 Å². The Kier molecular flexibility index (Phi) is 6.97. The van der Waals surface area contributed by atoms with Crippen LogP contribution in [0.2, 0.25) is 0 Å². The number of carbonyl (C=O) groups excluding carboxylic acids is 1. The molecule has 35 heavy (non-hydrogen) atoms. The summed E-state index contributed by atoms with van der Waals surface area (Å²) < 4.78 is 21.1. The number of halogens is 1. The Hall–Kier alpha value is -3.42. The fourth-order valence-electron chi connectivity index (χ4n) is 4.58. The summed E-state index contributed by atoms with van der Waals surface area (Å²) in [6.07, 6.45) is 7.68. The van der Waals surface area contributed by atoms with E-state index in [9.17, 15) is 9.18 Å². The van der Waals surface area contributed by atoms with E-state index in [1.807, 2.05) is 40.9 Å². The number of Topliss-reactive ketones (excluding diaryl/α,β-unsaturated/α-hetero) is 1. The van der Waals surface area contributed by atoms with Gasteiger partial charge in [-0.25, -0.2) is 9.37 Å². The zero-order valence-corrected chi connectivity index (χ0v) is 19.9. The highest BCUT2D eigenvalue weighted by Crippen LogP contribution is 2.31. The topological polar surface area (TPSA) is 59.7 Å². The molecule has 4 aromatic rings. The first-order valence-corrected chi connectivity index (χ1v) is 12.1. The van der Waals surface area contributed by atoms with Crippen LogP contribution >= 0.6 is 0 Å². The lowest BCUT2D eigenvalue weighted by Gasteiger charge is -2.26. The molecule has 3 aromatic heterocycles. The average molecular weight is 473 g/mol. The second-order valence-electron chi connectivity index (χ2n) is 8.99. The standard InChI is InChI=1S/C28H29FN4O2/c1-20-17-21(7-9-24(20)29)28-23(5-4-11-30-28)22-8-10-27-31-18-25(33(27)19-22)26(34)6-2-3-12-32-13-15-35-16-14-32/h4-5,7-11,17-19H,2-3,6,12-16H2,1H3. The average Bonchev–Trinajstić information content (AvgIpc) is 3.32. The van der Waals surface area contributed by atoms with E-state index in [0.29, 0.717) is 17.7 Å². The van der Waals surface area contributed by atoms with Crippen molar-refractivity contribution in [2.75, 3.05) is 32.8 Å². The number of hydrogen-bond donors (Lipinski definition) is 0. The molecule has 1 fully saturated rings. The number of ether oxygens (including phenoxy) is 1. The summed E-state index contributed by atoms with van der Waals surface area (Å²) in [4.78, 5) is 24.5. The fraction of sp³-hybridized carbons (Fsp3) is 0.321. The zero-order valence-electron chi connectivity index (χ0n) is 19.9. The number of rotatable bonds is 8. The van der Waals surface area contributed by atoms with Crippen LogP contribution in [0.25, 0.3) is 28.0 Å². The molecule has 0 spiro atoms. The number of carbonyl (C=O) groups is 1. The first kappa shape index (κ1) is 23.3. The molecular formula is C28H29FN4O2. The van der Waals surface area contributed by atoms with Crippen molar-refractivity contribution >= 4 is 11.4 Å². The second kappa shape index (κ2) is 10.5. The van der Waals surface area contributed by atoms with E-state index >= 15 is 0 Å². The van der Waals surface area contributed by atoms with E-state index in [4.69, 9.17) is 4.74 Å². The summed E-state index contributed by atoms with van der Waals surface area (Å²) >= 11 is 0. The molecule has 7 heteroatoms. The quantitative estimate of drug-likeness (QED) is 0.261.